The molecular weight excluding hydrogens is 314 g/mol. The molecule has 8 heteroatoms. The number of rotatable bonds is 5. The van der Waals surface area contributed by atoms with E-state index < -0.39 is 5.97 Å². The number of nitrogens with zero attached hydrogens (tertiary/aromatic N) is 2. The third-order valence-electron chi connectivity index (χ3n) is 2.60. The summed E-state index contributed by atoms with van der Waals surface area (Å²) < 4.78 is 1.80. The SMILES string of the molecule is Cn1ccnc1SCC(=O)Nc1cc(C(=O)O)ccc1Cl. The van der Waals surface area contributed by atoms with Crippen LogP contribution in [0.25, 0.3) is 0 Å². The van der Waals surface area contributed by atoms with Crippen molar-refractivity contribution in [1.29, 1.82) is 0 Å². The van der Waals surface area contributed by atoms with Crippen molar-refractivity contribution in [2.75, 3.05) is 11.1 Å². The normalized spacial score (nSPS) is 10.4. The second-order valence-electron chi connectivity index (χ2n) is 4.16. The molecule has 0 saturated carbocycles. The van der Waals surface area contributed by atoms with Crippen molar-refractivity contribution in [3.8, 4) is 0 Å². The lowest BCUT2D eigenvalue weighted by Gasteiger charge is -2.08. The van der Waals surface area contributed by atoms with Crippen molar-refractivity contribution < 1.29 is 14.7 Å². The summed E-state index contributed by atoms with van der Waals surface area (Å²) in [5, 5.41) is 12.5. The number of aryl methyl sites for hydroxylation is 1. The third-order valence-corrected chi connectivity index (χ3v) is 3.98. The topological polar surface area (TPSA) is 84.2 Å². The van der Waals surface area contributed by atoms with Crippen molar-refractivity contribution in [3.63, 3.8) is 0 Å². The summed E-state index contributed by atoms with van der Waals surface area (Å²) >= 11 is 7.22. The Kier molecular flexibility index (Phi) is 4.87. The monoisotopic (exact) mass is 325 g/mol. The quantitative estimate of drug-likeness (QED) is 0.825. The summed E-state index contributed by atoms with van der Waals surface area (Å²) in [7, 11) is 1.83. The summed E-state index contributed by atoms with van der Waals surface area (Å²) in [5.41, 5.74) is 0.341. The fourth-order valence-electron chi connectivity index (χ4n) is 1.56. The number of benzene rings is 1. The number of aromatic carboxylic acids is 1. The molecule has 110 valence electrons. The highest BCUT2D eigenvalue weighted by Crippen LogP contribution is 2.24. The van der Waals surface area contributed by atoms with Gasteiger partial charge in [-0.3, -0.25) is 4.79 Å². The highest BCUT2D eigenvalue weighted by atomic mass is 35.5. The van der Waals surface area contributed by atoms with E-state index in [1.54, 1.807) is 17.0 Å². The summed E-state index contributed by atoms with van der Waals surface area (Å²) in [6.45, 7) is 0. The Bertz CT molecular complexity index is 687. The Labute approximate surface area is 130 Å². The lowest BCUT2D eigenvalue weighted by molar-refractivity contribution is -0.113. The minimum atomic E-state index is -1.08. The molecule has 0 aliphatic heterocycles. The van der Waals surface area contributed by atoms with Crippen molar-refractivity contribution >= 4 is 40.9 Å². The first-order valence-corrected chi connectivity index (χ1v) is 7.26. The minimum absolute atomic E-state index is 0.0615. The molecule has 1 aromatic carbocycles. The van der Waals surface area contributed by atoms with Crippen molar-refractivity contribution in [3.05, 3.63) is 41.2 Å². The molecule has 6 nitrogen and oxygen atoms in total. The van der Waals surface area contributed by atoms with Gasteiger partial charge in [0.15, 0.2) is 5.16 Å². The van der Waals surface area contributed by atoms with E-state index in [0.29, 0.717) is 0 Å². The number of anilines is 1. The molecule has 2 aromatic rings. The number of aromatic nitrogens is 2. The van der Waals surface area contributed by atoms with E-state index in [-0.39, 0.29) is 27.9 Å². The molecule has 2 N–H and O–H groups in total. The van der Waals surface area contributed by atoms with Gasteiger partial charge < -0.3 is 15.0 Å². The van der Waals surface area contributed by atoms with Gasteiger partial charge in [-0.25, -0.2) is 9.78 Å². The molecule has 1 heterocycles. The largest absolute Gasteiger partial charge is 0.478 e. The Morgan fingerprint density at radius 1 is 1.48 bits per heavy atom. The number of carboxylic acids is 1. The van der Waals surface area contributed by atoms with Crippen LogP contribution < -0.4 is 5.32 Å². The van der Waals surface area contributed by atoms with E-state index in [1.807, 2.05) is 7.05 Å². The number of halogens is 1. The third kappa shape index (κ3) is 3.99. The Balaban J connectivity index is 2.01. The number of carbonyl (C=O) groups excluding carboxylic acids is 1. The Morgan fingerprint density at radius 3 is 2.86 bits per heavy atom. The molecule has 0 aliphatic carbocycles. The van der Waals surface area contributed by atoms with Crippen molar-refractivity contribution in [1.82, 2.24) is 9.55 Å². The first-order chi connectivity index (χ1) is 9.97. The molecule has 1 amide bonds. The number of thioether (sulfide) groups is 1. The van der Waals surface area contributed by atoms with E-state index in [1.165, 1.54) is 30.0 Å². The van der Waals surface area contributed by atoms with Gasteiger partial charge in [0.25, 0.3) is 0 Å². The zero-order chi connectivity index (χ0) is 15.4. The average Bonchev–Trinajstić information content (AvgIpc) is 2.84. The smallest absolute Gasteiger partial charge is 0.335 e. The molecule has 0 unspecified atom stereocenters. The Hall–Kier alpha value is -1.99. The van der Waals surface area contributed by atoms with Crippen LogP contribution in [-0.2, 0) is 11.8 Å². The molecule has 2 rings (SSSR count). The van der Waals surface area contributed by atoms with Gasteiger partial charge in [0.05, 0.1) is 22.0 Å². The molecule has 0 atom stereocenters. The first-order valence-electron chi connectivity index (χ1n) is 5.90. The molecule has 0 spiro atoms. The summed E-state index contributed by atoms with van der Waals surface area (Å²) in [6, 6.07) is 4.14. The zero-order valence-electron chi connectivity index (χ0n) is 11.0. The van der Waals surface area contributed by atoms with E-state index in [9.17, 15) is 9.59 Å². The number of imidazole rings is 1. The van der Waals surface area contributed by atoms with Gasteiger partial charge in [-0.05, 0) is 18.2 Å². The predicted molar refractivity (Wildman–Crippen MR) is 81.0 cm³/mol. The van der Waals surface area contributed by atoms with Crippen LogP contribution in [0, 0.1) is 0 Å². The first kappa shape index (κ1) is 15.4. The number of nitrogens with one attached hydrogen (secondary N) is 1. The fourth-order valence-corrected chi connectivity index (χ4v) is 2.46. The summed E-state index contributed by atoms with van der Waals surface area (Å²) in [4.78, 5) is 26.9. The standard InChI is InChI=1S/C13H12ClN3O3S/c1-17-5-4-15-13(17)21-7-11(18)16-10-6-8(12(19)20)2-3-9(10)14/h2-6H,7H2,1H3,(H,16,18)(H,19,20). The van der Waals surface area contributed by atoms with Gasteiger partial charge in [0.1, 0.15) is 0 Å². The Morgan fingerprint density at radius 2 is 2.24 bits per heavy atom. The van der Waals surface area contributed by atoms with E-state index in [4.69, 9.17) is 16.7 Å². The number of amides is 1. The van der Waals surface area contributed by atoms with Gasteiger partial charge in [0, 0.05) is 19.4 Å². The van der Waals surface area contributed by atoms with Gasteiger partial charge in [-0.1, -0.05) is 23.4 Å². The van der Waals surface area contributed by atoms with Crippen LogP contribution in [0.2, 0.25) is 5.02 Å². The van der Waals surface area contributed by atoms with Gasteiger partial charge >= 0.3 is 5.97 Å². The van der Waals surface area contributed by atoms with Crippen molar-refractivity contribution in [2.24, 2.45) is 7.05 Å². The number of hydrogen-bond donors (Lipinski definition) is 2. The molecule has 0 aliphatic rings. The zero-order valence-corrected chi connectivity index (χ0v) is 12.6. The second kappa shape index (κ2) is 6.64. The maximum atomic E-state index is 11.9. The van der Waals surface area contributed by atoms with E-state index in [2.05, 4.69) is 10.3 Å². The van der Waals surface area contributed by atoms with Gasteiger partial charge in [-0.2, -0.15) is 0 Å². The number of hydrogen-bond acceptors (Lipinski definition) is 4. The maximum absolute atomic E-state index is 11.9. The van der Waals surface area contributed by atoms with E-state index >= 15 is 0 Å². The molecular formula is C13H12ClN3O3S. The van der Waals surface area contributed by atoms with E-state index in [0.717, 1.165) is 5.16 Å². The molecule has 0 radical (unpaired) electrons. The molecule has 0 fully saturated rings. The lowest BCUT2D eigenvalue weighted by Crippen LogP contribution is -2.15. The summed E-state index contributed by atoms with van der Waals surface area (Å²) in [6.07, 6.45) is 3.43. The van der Waals surface area contributed by atoms with Crippen LogP contribution in [0.3, 0.4) is 0 Å². The lowest BCUT2D eigenvalue weighted by atomic mass is 10.2. The highest BCUT2D eigenvalue weighted by Gasteiger charge is 2.11. The maximum Gasteiger partial charge on any atom is 0.335 e. The van der Waals surface area contributed by atoms with Crippen LogP contribution in [-0.4, -0.2) is 32.3 Å². The van der Waals surface area contributed by atoms with Gasteiger partial charge in [0.2, 0.25) is 5.91 Å². The molecule has 0 bridgehead atoms. The van der Waals surface area contributed by atoms with Crippen molar-refractivity contribution in [2.45, 2.75) is 5.16 Å². The van der Waals surface area contributed by atoms with Crippen LogP contribution in [0.15, 0.2) is 35.7 Å². The summed E-state index contributed by atoms with van der Waals surface area (Å²) in [5.74, 6) is -1.21. The molecule has 21 heavy (non-hydrogen) atoms. The highest BCUT2D eigenvalue weighted by molar-refractivity contribution is 7.99. The minimum Gasteiger partial charge on any atom is -0.478 e. The van der Waals surface area contributed by atoms with Crippen LogP contribution in [0.5, 0.6) is 0 Å². The second-order valence-corrected chi connectivity index (χ2v) is 5.51. The molecule has 0 saturated heterocycles. The van der Waals surface area contributed by atoms with Gasteiger partial charge in [-0.15, -0.1) is 0 Å². The fraction of sp³-hybridized carbons (Fsp3) is 0.154. The van der Waals surface area contributed by atoms with Crippen LogP contribution >= 0.6 is 23.4 Å². The average molecular weight is 326 g/mol. The van der Waals surface area contributed by atoms with Crippen LogP contribution in [0.4, 0.5) is 5.69 Å². The molecule has 1 aromatic heterocycles. The number of carboxylic acid groups (broad SMARTS) is 1. The van der Waals surface area contributed by atoms with Crippen LogP contribution in [0.1, 0.15) is 10.4 Å². The predicted octanol–water partition coefficient (Wildman–Crippen LogP) is 2.50. The number of carbonyl (C=O) groups is 2.